The molecule has 0 bridgehead atoms. The van der Waals surface area contributed by atoms with Crippen LogP contribution >= 0.6 is 25.3 Å². The minimum absolute atomic E-state index is 0.0285. The van der Waals surface area contributed by atoms with Crippen molar-refractivity contribution in [1.29, 1.82) is 0 Å². The molecule has 0 saturated heterocycles. The Morgan fingerprint density at radius 1 is 1.05 bits per heavy atom. The Balaban J connectivity index is 4.32. The molecule has 0 aromatic rings. The Morgan fingerprint density at radius 3 is 1.74 bits per heavy atom. The summed E-state index contributed by atoms with van der Waals surface area (Å²) in [5.41, 5.74) is -0.738. The summed E-state index contributed by atoms with van der Waals surface area (Å²) in [6, 6.07) is 0. The first-order valence-corrected chi connectivity index (χ1v) is 7.44. The fourth-order valence-corrected chi connectivity index (χ4v) is 1.61. The lowest BCUT2D eigenvalue weighted by molar-refractivity contribution is -0.156. The summed E-state index contributed by atoms with van der Waals surface area (Å²) in [7, 11) is 0. The number of ether oxygens (including phenoxy) is 2. The van der Waals surface area contributed by atoms with E-state index in [0.717, 1.165) is 0 Å². The van der Waals surface area contributed by atoms with Crippen molar-refractivity contribution in [3.63, 3.8) is 0 Å². The Bertz CT molecular complexity index is 255. The summed E-state index contributed by atoms with van der Waals surface area (Å²) in [6.45, 7) is 1.68. The predicted octanol–water partition coefficient (Wildman–Crippen LogP) is 1.10. The first-order valence-electron chi connectivity index (χ1n) is 6.17. The molecule has 0 rings (SSSR count). The SMILES string of the molecule is CCC(CO)(COC(=O)CCS)COC(=O)CCS. The number of thiol groups is 2. The lowest BCUT2D eigenvalue weighted by atomic mass is 9.88. The van der Waals surface area contributed by atoms with Crippen LogP contribution in [-0.4, -0.2) is 48.4 Å². The molecule has 0 radical (unpaired) electrons. The molecule has 0 saturated carbocycles. The van der Waals surface area contributed by atoms with Crippen LogP contribution in [0, 0.1) is 5.41 Å². The van der Waals surface area contributed by atoms with E-state index < -0.39 is 5.41 Å². The Labute approximate surface area is 124 Å². The van der Waals surface area contributed by atoms with Gasteiger partial charge >= 0.3 is 11.9 Å². The van der Waals surface area contributed by atoms with Crippen LogP contribution in [0.25, 0.3) is 0 Å². The molecule has 0 aliphatic carbocycles. The van der Waals surface area contributed by atoms with Gasteiger partial charge in [-0.05, 0) is 6.42 Å². The van der Waals surface area contributed by atoms with E-state index in [-0.39, 0.29) is 44.6 Å². The van der Waals surface area contributed by atoms with Gasteiger partial charge in [0.05, 0.1) is 24.9 Å². The number of rotatable bonds is 10. The van der Waals surface area contributed by atoms with E-state index in [1.54, 1.807) is 0 Å². The van der Waals surface area contributed by atoms with Crippen LogP contribution in [-0.2, 0) is 19.1 Å². The molecule has 19 heavy (non-hydrogen) atoms. The van der Waals surface area contributed by atoms with Crippen molar-refractivity contribution >= 4 is 37.2 Å². The molecule has 0 aromatic heterocycles. The van der Waals surface area contributed by atoms with Gasteiger partial charge in [0, 0.05) is 11.5 Å². The number of hydrogen-bond donors (Lipinski definition) is 3. The summed E-state index contributed by atoms with van der Waals surface area (Å²) in [6.07, 6.45) is 0.966. The van der Waals surface area contributed by atoms with Gasteiger partial charge in [0.15, 0.2) is 0 Å². The van der Waals surface area contributed by atoms with E-state index in [9.17, 15) is 14.7 Å². The van der Waals surface area contributed by atoms with Crippen LogP contribution in [0.4, 0.5) is 0 Å². The average molecular weight is 310 g/mol. The Kier molecular flexibility index (Phi) is 10.2. The van der Waals surface area contributed by atoms with Crippen molar-refractivity contribution in [3.05, 3.63) is 0 Å². The quantitative estimate of drug-likeness (QED) is 0.416. The molecule has 0 aliphatic heterocycles. The minimum Gasteiger partial charge on any atom is -0.465 e. The highest BCUT2D eigenvalue weighted by atomic mass is 32.1. The van der Waals surface area contributed by atoms with Crippen molar-refractivity contribution in [1.82, 2.24) is 0 Å². The van der Waals surface area contributed by atoms with Crippen molar-refractivity contribution in [2.24, 2.45) is 5.41 Å². The fourth-order valence-electron chi connectivity index (χ4n) is 1.24. The lowest BCUT2D eigenvalue weighted by Gasteiger charge is -2.29. The minimum atomic E-state index is -0.738. The second-order valence-electron chi connectivity index (χ2n) is 4.28. The third-order valence-electron chi connectivity index (χ3n) is 2.80. The number of hydrogen-bond acceptors (Lipinski definition) is 7. The second-order valence-corrected chi connectivity index (χ2v) is 5.17. The summed E-state index contributed by atoms with van der Waals surface area (Å²) in [5.74, 6) is 0.0769. The number of aliphatic hydroxyl groups is 1. The molecule has 0 atom stereocenters. The van der Waals surface area contributed by atoms with Gasteiger partial charge in [-0.2, -0.15) is 25.3 Å². The zero-order valence-electron chi connectivity index (χ0n) is 11.1. The normalized spacial score (nSPS) is 11.2. The summed E-state index contributed by atoms with van der Waals surface area (Å²) in [5, 5.41) is 9.45. The van der Waals surface area contributed by atoms with Crippen molar-refractivity contribution < 1.29 is 24.2 Å². The van der Waals surface area contributed by atoms with Crippen molar-refractivity contribution in [3.8, 4) is 0 Å². The van der Waals surface area contributed by atoms with Crippen LogP contribution in [0.15, 0.2) is 0 Å². The molecule has 0 aromatic carbocycles. The van der Waals surface area contributed by atoms with Crippen LogP contribution in [0.3, 0.4) is 0 Å². The number of esters is 2. The Hall–Kier alpha value is -0.400. The largest absolute Gasteiger partial charge is 0.465 e. The van der Waals surface area contributed by atoms with Gasteiger partial charge in [0.25, 0.3) is 0 Å². The van der Waals surface area contributed by atoms with E-state index in [1.807, 2.05) is 6.92 Å². The fraction of sp³-hybridized carbons (Fsp3) is 0.833. The number of carbonyl (C=O) groups is 2. The molecule has 1 N–H and O–H groups in total. The highest BCUT2D eigenvalue weighted by molar-refractivity contribution is 7.80. The van der Waals surface area contributed by atoms with Crippen LogP contribution < -0.4 is 0 Å². The van der Waals surface area contributed by atoms with Crippen molar-refractivity contribution in [2.75, 3.05) is 31.3 Å². The average Bonchev–Trinajstić information content (AvgIpc) is 2.40. The highest BCUT2D eigenvalue weighted by Gasteiger charge is 2.31. The molecule has 5 nitrogen and oxygen atoms in total. The maximum absolute atomic E-state index is 11.3. The van der Waals surface area contributed by atoms with Crippen LogP contribution in [0.1, 0.15) is 26.2 Å². The number of carbonyl (C=O) groups excluding carboxylic acids is 2. The van der Waals surface area contributed by atoms with E-state index in [0.29, 0.717) is 17.9 Å². The monoisotopic (exact) mass is 310 g/mol. The third kappa shape index (κ3) is 7.69. The molecule has 0 fully saturated rings. The van der Waals surface area contributed by atoms with Crippen LogP contribution in [0.5, 0.6) is 0 Å². The van der Waals surface area contributed by atoms with E-state index in [1.165, 1.54) is 0 Å². The summed E-state index contributed by atoms with van der Waals surface area (Å²) in [4.78, 5) is 22.6. The van der Waals surface area contributed by atoms with Crippen LogP contribution in [0.2, 0.25) is 0 Å². The molecule has 0 spiro atoms. The van der Waals surface area contributed by atoms with Gasteiger partial charge in [-0.3, -0.25) is 9.59 Å². The van der Waals surface area contributed by atoms with Gasteiger partial charge in [0.2, 0.25) is 0 Å². The number of aliphatic hydroxyl groups excluding tert-OH is 1. The topological polar surface area (TPSA) is 72.8 Å². The van der Waals surface area contributed by atoms with E-state index in [2.05, 4.69) is 25.3 Å². The standard InChI is InChI=1S/C12H22O5S2/c1-2-12(7-13,8-16-10(14)3-5-18)9-17-11(15)4-6-19/h13,18-19H,2-9H2,1H3. The molecule has 112 valence electrons. The van der Waals surface area contributed by atoms with Gasteiger partial charge in [0.1, 0.15) is 13.2 Å². The molecular formula is C12H22O5S2. The molecule has 0 heterocycles. The summed E-state index contributed by atoms with van der Waals surface area (Å²) >= 11 is 7.87. The molecule has 0 aliphatic rings. The van der Waals surface area contributed by atoms with E-state index in [4.69, 9.17) is 9.47 Å². The first kappa shape index (κ1) is 18.6. The molecular weight excluding hydrogens is 288 g/mol. The lowest BCUT2D eigenvalue weighted by Crippen LogP contribution is -2.37. The highest BCUT2D eigenvalue weighted by Crippen LogP contribution is 2.23. The van der Waals surface area contributed by atoms with Gasteiger partial charge in [-0.1, -0.05) is 6.92 Å². The zero-order chi connectivity index (χ0) is 14.7. The molecule has 7 heteroatoms. The summed E-state index contributed by atoms with van der Waals surface area (Å²) < 4.78 is 10.1. The molecule has 0 amide bonds. The smallest absolute Gasteiger partial charge is 0.306 e. The Morgan fingerprint density at radius 2 is 1.47 bits per heavy atom. The van der Waals surface area contributed by atoms with Gasteiger partial charge in [-0.15, -0.1) is 0 Å². The first-order chi connectivity index (χ1) is 9.03. The maximum atomic E-state index is 11.3. The van der Waals surface area contributed by atoms with E-state index >= 15 is 0 Å². The van der Waals surface area contributed by atoms with Gasteiger partial charge < -0.3 is 14.6 Å². The zero-order valence-corrected chi connectivity index (χ0v) is 12.9. The van der Waals surface area contributed by atoms with Gasteiger partial charge in [-0.25, -0.2) is 0 Å². The predicted molar refractivity (Wildman–Crippen MR) is 78.7 cm³/mol. The maximum Gasteiger partial charge on any atom is 0.306 e. The second kappa shape index (κ2) is 10.4. The third-order valence-corrected chi connectivity index (χ3v) is 3.24. The van der Waals surface area contributed by atoms with Crippen molar-refractivity contribution in [2.45, 2.75) is 26.2 Å². The molecule has 0 unspecified atom stereocenters.